The topological polar surface area (TPSA) is 57.8 Å². The lowest BCUT2D eigenvalue weighted by Gasteiger charge is -1.97. The van der Waals surface area contributed by atoms with Crippen molar-refractivity contribution < 1.29 is 4.79 Å². The van der Waals surface area contributed by atoms with Gasteiger partial charge in [-0.15, -0.1) is 0 Å². The second kappa shape index (κ2) is 3.75. The lowest BCUT2D eigenvalue weighted by atomic mass is 10.4. The van der Waals surface area contributed by atoms with Gasteiger partial charge < -0.3 is 10.3 Å². The molecule has 0 unspecified atom stereocenters. The number of H-pyrrole nitrogens is 1. The van der Waals surface area contributed by atoms with Gasteiger partial charge in [-0.3, -0.25) is 4.79 Å². The molecule has 1 aromatic heterocycles. The Kier molecular flexibility index (Phi) is 2.66. The quantitative estimate of drug-likeness (QED) is 0.645. The van der Waals surface area contributed by atoms with Crippen molar-refractivity contribution >= 4 is 5.91 Å². The number of nitrogens with zero attached hydrogens (tertiary/aromatic N) is 1. The van der Waals surface area contributed by atoms with Crippen molar-refractivity contribution in [3.8, 4) is 0 Å². The van der Waals surface area contributed by atoms with Crippen LogP contribution in [-0.2, 0) is 4.79 Å². The largest absolute Gasteiger partial charge is 0.356 e. The van der Waals surface area contributed by atoms with E-state index < -0.39 is 0 Å². The molecule has 0 fully saturated rings. The van der Waals surface area contributed by atoms with Crippen molar-refractivity contribution in [1.29, 1.82) is 0 Å². The lowest BCUT2D eigenvalue weighted by molar-refractivity contribution is -0.117. The van der Waals surface area contributed by atoms with E-state index in [0.717, 1.165) is 0 Å². The van der Waals surface area contributed by atoms with Crippen LogP contribution in [0.1, 0.15) is 12.7 Å². The summed E-state index contributed by atoms with van der Waals surface area (Å²) < 4.78 is 0. The normalized spacial score (nSPS) is 9.55. The van der Waals surface area contributed by atoms with E-state index in [1.807, 2.05) is 6.92 Å². The Labute approximate surface area is 65.0 Å². The van der Waals surface area contributed by atoms with Crippen molar-refractivity contribution in [3.63, 3.8) is 0 Å². The van der Waals surface area contributed by atoms with E-state index in [1.165, 1.54) is 6.42 Å². The highest BCUT2D eigenvalue weighted by molar-refractivity contribution is 5.87. The first-order valence-electron chi connectivity index (χ1n) is 3.45. The number of rotatable bonds is 3. The smallest absolute Gasteiger partial charge is 0.232 e. The van der Waals surface area contributed by atoms with E-state index in [2.05, 4.69) is 15.3 Å². The van der Waals surface area contributed by atoms with Gasteiger partial charge in [0.25, 0.3) is 0 Å². The highest BCUT2D eigenvalue weighted by Crippen LogP contribution is 1.91. The van der Waals surface area contributed by atoms with Crippen LogP contribution in [0, 0.1) is 6.42 Å². The highest BCUT2D eigenvalue weighted by atomic mass is 16.1. The molecule has 0 spiro atoms. The molecule has 11 heavy (non-hydrogen) atoms. The van der Waals surface area contributed by atoms with Gasteiger partial charge >= 0.3 is 0 Å². The summed E-state index contributed by atoms with van der Waals surface area (Å²) in [5, 5.41) is 2.63. The minimum Gasteiger partial charge on any atom is -0.356 e. The number of hydrogen-bond donors (Lipinski definition) is 2. The molecule has 4 heteroatoms. The molecule has 0 bridgehead atoms. The first-order chi connectivity index (χ1) is 5.33. The van der Waals surface area contributed by atoms with E-state index in [0.29, 0.717) is 12.4 Å². The molecule has 2 N–H and O–H groups in total. The minimum absolute atomic E-state index is 0.123. The summed E-state index contributed by atoms with van der Waals surface area (Å²) in [4.78, 5) is 17.5. The molecule has 1 rings (SSSR count). The predicted octanol–water partition coefficient (Wildman–Crippen LogP) is 0.0982. The van der Waals surface area contributed by atoms with Gasteiger partial charge in [-0.25, -0.2) is 4.98 Å². The fourth-order valence-corrected chi connectivity index (χ4v) is 0.706. The molecule has 1 radical (unpaired) electrons. The summed E-state index contributed by atoms with van der Waals surface area (Å²) in [5.41, 5.74) is 0. The average Bonchev–Trinajstić information content (AvgIpc) is 2.40. The lowest BCUT2D eigenvalue weighted by Crippen LogP contribution is -2.23. The summed E-state index contributed by atoms with van der Waals surface area (Å²) in [6.45, 7) is 2.50. The van der Waals surface area contributed by atoms with Crippen molar-refractivity contribution in [3.05, 3.63) is 24.6 Å². The molecule has 0 aliphatic rings. The van der Waals surface area contributed by atoms with Crippen molar-refractivity contribution in [2.75, 3.05) is 6.54 Å². The zero-order chi connectivity index (χ0) is 8.10. The van der Waals surface area contributed by atoms with E-state index in [1.54, 1.807) is 12.4 Å². The molecule has 1 amide bonds. The maximum absolute atomic E-state index is 10.9. The number of aromatic nitrogens is 2. The summed E-state index contributed by atoms with van der Waals surface area (Å²) >= 11 is 0. The first kappa shape index (κ1) is 7.78. The van der Waals surface area contributed by atoms with Crippen molar-refractivity contribution in [1.82, 2.24) is 15.3 Å². The number of hydrogen-bond acceptors (Lipinski definition) is 2. The molecule has 59 valence electrons. The van der Waals surface area contributed by atoms with Crippen LogP contribution < -0.4 is 5.32 Å². The molecule has 0 atom stereocenters. The first-order valence-corrected chi connectivity index (χ1v) is 3.45. The molecular formula is C7H10N3O. The molecule has 0 saturated heterocycles. The number of imidazole rings is 1. The summed E-state index contributed by atoms with van der Waals surface area (Å²) in [6, 6.07) is 0. The minimum atomic E-state index is -0.123. The Morgan fingerprint density at radius 3 is 3.27 bits per heavy atom. The third kappa shape index (κ3) is 2.41. The van der Waals surface area contributed by atoms with Gasteiger partial charge in [0.15, 0.2) is 0 Å². The molecule has 4 nitrogen and oxygen atoms in total. The third-order valence-electron chi connectivity index (χ3n) is 1.14. The fraction of sp³-hybridized carbons (Fsp3) is 0.286. The average molecular weight is 152 g/mol. The molecule has 0 aliphatic carbocycles. The van der Waals surface area contributed by atoms with Crippen LogP contribution in [-0.4, -0.2) is 22.4 Å². The molecule has 0 aromatic carbocycles. The van der Waals surface area contributed by atoms with Crippen LogP contribution in [0.5, 0.6) is 0 Å². The second-order valence-electron chi connectivity index (χ2n) is 2.01. The fourth-order valence-electron chi connectivity index (χ4n) is 0.706. The van der Waals surface area contributed by atoms with E-state index in [-0.39, 0.29) is 5.91 Å². The summed E-state index contributed by atoms with van der Waals surface area (Å²) in [7, 11) is 0. The zero-order valence-corrected chi connectivity index (χ0v) is 6.29. The van der Waals surface area contributed by atoms with Gasteiger partial charge in [0.05, 0.1) is 0 Å². The Morgan fingerprint density at radius 1 is 1.91 bits per heavy atom. The van der Waals surface area contributed by atoms with Crippen LogP contribution in [0.4, 0.5) is 0 Å². The maximum atomic E-state index is 10.9. The number of likely N-dealkylation sites (N-methyl/N-ethyl adjacent to an activating group) is 1. The molecular weight excluding hydrogens is 142 g/mol. The van der Waals surface area contributed by atoms with Crippen LogP contribution >= 0.6 is 0 Å². The van der Waals surface area contributed by atoms with Crippen LogP contribution in [0.15, 0.2) is 12.4 Å². The van der Waals surface area contributed by atoms with Crippen molar-refractivity contribution in [2.24, 2.45) is 0 Å². The van der Waals surface area contributed by atoms with Gasteiger partial charge in [0, 0.05) is 18.9 Å². The van der Waals surface area contributed by atoms with E-state index in [9.17, 15) is 4.79 Å². The summed E-state index contributed by atoms with van der Waals surface area (Å²) in [5.74, 6) is 0.457. The standard InChI is InChI=1S/C7H10N3O/c1-2-8-7(11)5-6-9-3-4-10-6/h3-5H,2H2,1H3,(H,8,11)(H,9,10). The van der Waals surface area contributed by atoms with E-state index >= 15 is 0 Å². The highest BCUT2D eigenvalue weighted by Gasteiger charge is 2.02. The third-order valence-corrected chi connectivity index (χ3v) is 1.14. The predicted molar refractivity (Wildman–Crippen MR) is 40.7 cm³/mol. The Bertz CT molecular complexity index is 218. The van der Waals surface area contributed by atoms with Gasteiger partial charge in [-0.1, -0.05) is 0 Å². The molecule has 0 saturated carbocycles. The number of amides is 1. The molecule has 0 aliphatic heterocycles. The Morgan fingerprint density at radius 2 is 2.73 bits per heavy atom. The van der Waals surface area contributed by atoms with Gasteiger partial charge in [0.2, 0.25) is 5.91 Å². The maximum Gasteiger partial charge on any atom is 0.232 e. The van der Waals surface area contributed by atoms with Gasteiger partial charge in [-0.05, 0) is 6.92 Å². The van der Waals surface area contributed by atoms with Crippen LogP contribution in [0.2, 0.25) is 0 Å². The van der Waals surface area contributed by atoms with Crippen LogP contribution in [0.25, 0.3) is 0 Å². The van der Waals surface area contributed by atoms with E-state index in [4.69, 9.17) is 0 Å². The number of aromatic amines is 1. The zero-order valence-electron chi connectivity index (χ0n) is 6.29. The SMILES string of the molecule is CCNC(=O)[CH]c1ncc[nH]1. The Hall–Kier alpha value is -1.32. The van der Waals surface area contributed by atoms with Gasteiger partial charge in [-0.2, -0.15) is 0 Å². The van der Waals surface area contributed by atoms with Crippen molar-refractivity contribution in [2.45, 2.75) is 6.92 Å². The molecule has 1 heterocycles. The monoisotopic (exact) mass is 152 g/mol. The molecule has 1 aromatic rings. The summed E-state index contributed by atoms with van der Waals surface area (Å²) in [6.07, 6.45) is 4.69. The Balaban J connectivity index is 2.37. The number of carbonyl (C=O) groups excluding carboxylic acids is 1. The van der Waals surface area contributed by atoms with Crippen LogP contribution in [0.3, 0.4) is 0 Å². The van der Waals surface area contributed by atoms with Gasteiger partial charge in [0.1, 0.15) is 12.2 Å². The number of carbonyl (C=O) groups is 1. The second-order valence-corrected chi connectivity index (χ2v) is 2.01. The number of nitrogens with one attached hydrogen (secondary N) is 2.